The van der Waals surface area contributed by atoms with Crippen LogP contribution in [0.4, 0.5) is 0 Å². The summed E-state index contributed by atoms with van der Waals surface area (Å²) in [6.45, 7) is 8.57. The van der Waals surface area contributed by atoms with Crippen molar-refractivity contribution in [2.24, 2.45) is 16.8 Å². The summed E-state index contributed by atoms with van der Waals surface area (Å²) in [7, 11) is 0. The summed E-state index contributed by atoms with van der Waals surface area (Å²) in [5.41, 5.74) is 2.09. The van der Waals surface area contributed by atoms with Gasteiger partial charge in [0.1, 0.15) is 6.04 Å². The van der Waals surface area contributed by atoms with E-state index in [0.29, 0.717) is 76.5 Å². The Balaban J connectivity index is 1.35. The number of carbonyl (C=O) groups is 3. The van der Waals surface area contributed by atoms with Crippen molar-refractivity contribution in [2.75, 3.05) is 52.2 Å². The van der Waals surface area contributed by atoms with E-state index in [-0.39, 0.29) is 24.2 Å². The van der Waals surface area contributed by atoms with Crippen molar-refractivity contribution < 1.29 is 24.2 Å². The molecule has 0 aliphatic carbocycles. The molecule has 1 aliphatic heterocycles. The number of carbonyl (C=O) groups excluding carboxylic acids is 3. The topological polar surface area (TPSA) is 168 Å². The second kappa shape index (κ2) is 24.3. The lowest BCUT2D eigenvalue weighted by Crippen LogP contribution is -2.54. The zero-order valence-electron chi connectivity index (χ0n) is 35.2. The van der Waals surface area contributed by atoms with Crippen LogP contribution in [-0.2, 0) is 32.0 Å². The van der Waals surface area contributed by atoms with Crippen LogP contribution < -0.4 is 21.3 Å². The standard InChI is InChI=1S/C47H61N7O5S/c1-33(2)28-42(43(55)31-44(56)49-22-23-54-24-26-59-27-25-54)53-46(58)41(20-8-9-21-50-47(60-3)51-32-48)52-45(57)38(29-36-16-10-14-34-12-4-6-18-39(34)36)30-37-17-11-15-35-13-5-7-19-40(35)37/h4-7,10-19,33,38,41-43,55H,8-9,20-31H2,1-3H3,(H,49,56)(H,50,51)(H,52,57)(H,53,58)/t41?,42-,43-/m0/s1. The lowest BCUT2D eigenvalue weighted by atomic mass is 9.87. The number of benzene rings is 4. The van der Waals surface area contributed by atoms with E-state index in [1.165, 1.54) is 11.8 Å². The van der Waals surface area contributed by atoms with Crippen LogP contribution in [0.25, 0.3) is 21.5 Å². The number of hydrogen-bond donors (Lipinski definition) is 5. The fourth-order valence-electron chi connectivity index (χ4n) is 7.82. The Morgan fingerprint density at radius 1 is 0.867 bits per heavy atom. The summed E-state index contributed by atoms with van der Waals surface area (Å²) in [6.07, 6.45) is 5.31. The van der Waals surface area contributed by atoms with Crippen LogP contribution in [0.15, 0.2) is 89.9 Å². The quantitative estimate of drug-likeness (QED) is 0.0237. The van der Waals surface area contributed by atoms with Gasteiger partial charge in [0.15, 0.2) is 11.4 Å². The minimum atomic E-state index is -1.13. The van der Waals surface area contributed by atoms with Crippen LogP contribution in [0.3, 0.4) is 0 Å². The predicted molar refractivity (Wildman–Crippen MR) is 241 cm³/mol. The number of fused-ring (bicyclic) bond motifs is 2. The number of nitrogens with one attached hydrogen (secondary N) is 4. The zero-order chi connectivity index (χ0) is 42.7. The number of nitriles is 1. The minimum absolute atomic E-state index is 0.110. The van der Waals surface area contributed by atoms with Gasteiger partial charge in [-0.1, -0.05) is 111 Å². The van der Waals surface area contributed by atoms with E-state index in [2.05, 4.69) is 79.7 Å². The van der Waals surface area contributed by atoms with Gasteiger partial charge in [-0.05, 0) is 83.4 Å². The highest BCUT2D eigenvalue weighted by Crippen LogP contribution is 2.27. The van der Waals surface area contributed by atoms with E-state index >= 15 is 0 Å². The number of aliphatic hydroxyl groups excluding tert-OH is 1. The first-order valence-electron chi connectivity index (χ1n) is 21.2. The molecular weight excluding hydrogens is 775 g/mol. The second-order valence-corrected chi connectivity index (χ2v) is 16.7. The van der Waals surface area contributed by atoms with Crippen molar-refractivity contribution in [1.82, 2.24) is 26.2 Å². The molecule has 13 heteroatoms. The average molecular weight is 836 g/mol. The second-order valence-electron chi connectivity index (χ2n) is 15.9. The smallest absolute Gasteiger partial charge is 0.242 e. The first-order valence-corrected chi connectivity index (χ1v) is 22.4. The van der Waals surface area contributed by atoms with Gasteiger partial charge in [-0.2, -0.15) is 5.26 Å². The number of amidine groups is 1. The molecule has 1 fully saturated rings. The molecule has 320 valence electrons. The zero-order valence-corrected chi connectivity index (χ0v) is 36.0. The normalized spacial score (nSPS) is 15.1. The van der Waals surface area contributed by atoms with E-state index in [9.17, 15) is 19.5 Å². The van der Waals surface area contributed by atoms with Crippen LogP contribution in [0.2, 0.25) is 0 Å². The molecule has 3 amide bonds. The Kier molecular flexibility index (Phi) is 18.7. The molecule has 4 aromatic carbocycles. The third kappa shape index (κ3) is 14.3. The highest BCUT2D eigenvalue weighted by atomic mass is 32.2. The summed E-state index contributed by atoms with van der Waals surface area (Å²) < 4.78 is 5.41. The van der Waals surface area contributed by atoms with Crippen molar-refractivity contribution in [3.05, 3.63) is 96.1 Å². The molecule has 4 aromatic rings. The minimum Gasteiger partial charge on any atom is -0.390 e. The van der Waals surface area contributed by atoms with Crippen LogP contribution in [0.5, 0.6) is 0 Å². The SMILES string of the molecule is CSC(=NCCCCC(NC(=O)C(Cc1cccc2ccccc12)Cc1cccc2ccccc12)C(=O)N[C@@H](CC(C)C)[C@@H](O)CC(=O)NCCN1CCOCC1)NC#N. The molecule has 0 spiro atoms. The van der Waals surface area contributed by atoms with Crippen LogP contribution >= 0.6 is 11.8 Å². The van der Waals surface area contributed by atoms with Crippen LogP contribution in [0, 0.1) is 23.3 Å². The number of amides is 3. The Hall–Kier alpha value is -5.00. The monoisotopic (exact) mass is 835 g/mol. The number of morpholine rings is 1. The van der Waals surface area contributed by atoms with E-state index in [1.807, 2.05) is 62.7 Å². The molecule has 60 heavy (non-hydrogen) atoms. The van der Waals surface area contributed by atoms with Gasteiger partial charge < -0.3 is 25.8 Å². The first-order chi connectivity index (χ1) is 29.1. The number of rotatable bonds is 21. The van der Waals surface area contributed by atoms with Crippen LogP contribution in [0.1, 0.15) is 57.1 Å². The Morgan fingerprint density at radius 2 is 1.48 bits per heavy atom. The molecule has 0 saturated carbocycles. The third-order valence-electron chi connectivity index (χ3n) is 11.0. The molecule has 1 aliphatic rings. The molecule has 0 radical (unpaired) electrons. The third-order valence-corrected chi connectivity index (χ3v) is 11.6. The van der Waals surface area contributed by atoms with E-state index in [1.54, 1.807) is 0 Å². The number of unbranched alkanes of at least 4 members (excludes halogenated alkanes) is 1. The van der Waals surface area contributed by atoms with E-state index in [0.717, 1.165) is 45.8 Å². The Morgan fingerprint density at radius 3 is 2.08 bits per heavy atom. The summed E-state index contributed by atoms with van der Waals surface area (Å²) in [5.74, 6) is -1.34. The summed E-state index contributed by atoms with van der Waals surface area (Å²) >= 11 is 1.34. The van der Waals surface area contributed by atoms with Gasteiger partial charge in [0.2, 0.25) is 17.7 Å². The lowest BCUT2D eigenvalue weighted by Gasteiger charge is -2.29. The van der Waals surface area contributed by atoms with Gasteiger partial charge in [0.05, 0.1) is 31.8 Å². The summed E-state index contributed by atoms with van der Waals surface area (Å²) in [4.78, 5) is 48.8. The molecular formula is C47H61N7O5S. The first kappa shape index (κ1) is 46.1. The summed E-state index contributed by atoms with van der Waals surface area (Å²) in [6, 6.07) is 27.0. The maximum absolute atomic E-state index is 14.7. The molecule has 0 bridgehead atoms. The maximum Gasteiger partial charge on any atom is 0.242 e. The van der Waals surface area contributed by atoms with Gasteiger partial charge in [0, 0.05) is 38.6 Å². The molecule has 3 atom stereocenters. The summed E-state index contributed by atoms with van der Waals surface area (Å²) in [5, 5.41) is 37.0. The van der Waals surface area contributed by atoms with Crippen molar-refractivity contribution in [3.8, 4) is 6.19 Å². The predicted octanol–water partition coefficient (Wildman–Crippen LogP) is 5.57. The fraction of sp³-hybridized carbons (Fsp3) is 0.468. The number of hydrogen-bond acceptors (Lipinski definition) is 9. The molecule has 5 rings (SSSR count). The molecule has 5 N–H and O–H groups in total. The highest BCUT2D eigenvalue weighted by molar-refractivity contribution is 8.13. The largest absolute Gasteiger partial charge is 0.390 e. The number of aliphatic hydroxyl groups is 1. The number of aliphatic imine (C=N–C) groups is 1. The van der Waals surface area contributed by atoms with Gasteiger partial charge in [-0.25, -0.2) is 0 Å². The van der Waals surface area contributed by atoms with Gasteiger partial charge in [-0.15, -0.1) is 0 Å². The lowest BCUT2D eigenvalue weighted by molar-refractivity contribution is -0.132. The number of ether oxygens (including phenoxy) is 1. The van der Waals surface area contributed by atoms with Crippen molar-refractivity contribution in [2.45, 2.75) is 77.0 Å². The fourth-order valence-corrected chi connectivity index (χ4v) is 8.19. The van der Waals surface area contributed by atoms with E-state index < -0.39 is 30.0 Å². The molecule has 1 heterocycles. The van der Waals surface area contributed by atoms with Gasteiger partial charge in [0.25, 0.3) is 0 Å². The van der Waals surface area contributed by atoms with Crippen molar-refractivity contribution >= 4 is 56.2 Å². The number of thioether (sulfide) groups is 1. The Labute approximate surface area is 358 Å². The van der Waals surface area contributed by atoms with Crippen LogP contribution in [-0.4, -0.2) is 103 Å². The average Bonchev–Trinajstić information content (AvgIpc) is 3.25. The highest BCUT2D eigenvalue weighted by Gasteiger charge is 2.31. The number of nitrogens with zero attached hydrogens (tertiary/aromatic N) is 3. The maximum atomic E-state index is 14.7. The van der Waals surface area contributed by atoms with Gasteiger partial charge in [-0.3, -0.25) is 29.6 Å². The van der Waals surface area contributed by atoms with Crippen molar-refractivity contribution in [3.63, 3.8) is 0 Å². The van der Waals surface area contributed by atoms with Crippen molar-refractivity contribution in [1.29, 1.82) is 5.26 Å². The molecule has 0 aromatic heterocycles. The van der Waals surface area contributed by atoms with E-state index in [4.69, 9.17) is 10.00 Å². The molecule has 1 saturated heterocycles. The molecule has 1 unspecified atom stereocenters. The van der Waals surface area contributed by atoms with Gasteiger partial charge >= 0.3 is 0 Å². The Bertz CT molecular complexity index is 1990. The molecule has 12 nitrogen and oxygen atoms in total.